The maximum Gasteiger partial charge on any atom is 0.0828 e. The number of rotatable bonds is 34. The summed E-state index contributed by atoms with van der Waals surface area (Å²) in [6.45, 7) is 8.61. The van der Waals surface area contributed by atoms with Gasteiger partial charge in [0.05, 0.1) is 24.4 Å². The van der Waals surface area contributed by atoms with Crippen molar-refractivity contribution in [2.24, 2.45) is 0 Å². The summed E-state index contributed by atoms with van der Waals surface area (Å²) in [4.78, 5) is 0. The van der Waals surface area contributed by atoms with Crippen molar-refractivity contribution in [2.45, 2.75) is 155 Å². The van der Waals surface area contributed by atoms with E-state index >= 15 is 0 Å². The van der Waals surface area contributed by atoms with Gasteiger partial charge in [-0.15, -0.1) is 0 Å². The molecule has 0 fully saturated rings. The zero-order chi connectivity index (χ0) is 40.0. The van der Waals surface area contributed by atoms with Crippen molar-refractivity contribution in [1.29, 1.82) is 0 Å². The van der Waals surface area contributed by atoms with Gasteiger partial charge in [0.25, 0.3) is 0 Å². The van der Waals surface area contributed by atoms with E-state index in [1.807, 2.05) is 0 Å². The van der Waals surface area contributed by atoms with Crippen molar-refractivity contribution in [2.75, 3.05) is 0 Å². The Hall–Kier alpha value is -0.180. The van der Waals surface area contributed by atoms with Crippen LogP contribution in [0.2, 0.25) is 0 Å². The molecule has 54 heavy (non-hydrogen) atoms. The highest BCUT2D eigenvalue weighted by molar-refractivity contribution is 8.00. The van der Waals surface area contributed by atoms with E-state index in [0.29, 0.717) is 17.0 Å². The molecule has 10 atom stereocenters. The first-order chi connectivity index (χ1) is 26.5. The van der Waals surface area contributed by atoms with Gasteiger partial charge in [0.15, 0.2) is 0 Å². The molecular formula is C44H78O4P6. The predicted molar refractivity (Wildman–Crippen MR) is 263 cm³/mol. The molecule has 0 amide bonds. The average Bonchev–Trinajstić information content (AvgIpc) is 3.17. The Morgan fingerprint density at radius 1 is 0.444 bits per heavy atom. The highest BCUT2D eigenvalue weighted by Gasteiger charge is 1.99. The number of hydrogen-bond donors (Lipinski definition) is 0. The lowest BCUT2D eigenvalue weighted by Crippen LogP contribution is -2.00. The Bertz CT molecular complexity index is 997. The van der Waals surface area contributed by atoms with Gasteiger partial charge in [-0.2, -0.15) is 0 Å². The van der Waals surface area contributed by atoms with Crippen molar-refractivity contribution < 1.29 is 18.1 Å². The fraction of sp³-hybridized carbons (Fsp3) is 0.545. The second-order valence-corrected chi connectivity index (χ2v) is 15.6. The standard InChI is InChI=1S/2C22H39O2P3/c2*1-3-4-5-6-7-8-9-10-11-12-16-19-22(23-25)20-17-14-13-15-18-21(2)24-27-26/h2*8-9,11-12,14-19,21-22,27H,3-7,10,13,20,25-26H2,1-2H3/b9-8-,12-11-,17-14-,18-15-,19-16+;. The van der Waals surface area contributed by atoms with E-state index in [-0.39, 0.29) is 24.4 Å². The molecule has 4 nitrogen and oxygen atoms in total. The Balaban J connectivity index is 0. The molecule has 0 aromatic heterocycles. The van der Waals surface area contributed by atoms with Gasteiger partial charge in [-0.25, -0.2) is 0 Å². The molecular weight excluding hydrogens is 778 g/mol. The molecule has 10 unspecified atom stereocenters. The summed E-state index contributed by atoms with van der Waals surface area (Å²) >= 11 is 0. The van der Waals surface area contributed by atoms with E-state index in [2.05, 4.69) is 186 Å². The predicted octanol–water partition coefficient (Wildman–Crippen LogP) is 15.7. The number of allylic oxidation sites excluding steroid dienone is 14. The van der Waals surface area contributed by atoms with Gasteiger partial charge in [0, 0.05) is 35.9 Å². The Labute approximate surface area is 346 Å². The second kappa shape index (κ2) is 49.0. The van der Waals surface area contributed by atoms with Crippen LogP contribution in [0.25, 0.3) is 0 Å². The molecule has 0 aliphatic carbocycles. The normalized spacial score (nSPS) is 15.7. The lowest BCUT2D eigenvalue weighted by molar-refractivity contribution is 0.298. The molecule has 0 saturated carbocycles. The molecule has 0 spiro atoms. The van der Waals surface area contributed by atoms with Gasteiger partial charge in [0.2, 0.25) is 0 Å². The van der Waals surface area contributed by atoms with Crippen LogP contribution < -0.4 is 0 Å². The van der Waals surface area contributed by atoms with Crippen LogP contribution in [0.3, 0.4) is 0 Å². The van der Waals surface area contributed by atoms with E-state index in [1.54, 1.807) is 0 Å². The van der Waals surface area contributed by atoms with Gasteiger partial charge in [-0.05, 0) is 78.1 Å². The number of unbranched alkanes of at least 4 members (excludes halogenated alkanes) is 8. The molecule has 0 rings (SSSR count). The van der Waals surface area contributed by atoms with Crippen LogP contribution >= 0.6 is 53.8 Å². The third-order valence-electron chi connectivity index (χ3n) is 7.76. The van der Waals surface area contributed by atoms with Crippen molar-refractivity contribution in [3.63, 3.8) is 0 Å². The summed E-state index contributed by atoms with van der Waals surface area (Å²) in [6.07, 6.45) is 62.3. The zero-order valence-electron chi connectivity index (χ0n) is 34.1. The van der Waals surface area contributed by atoms with E-state index in [4.69, 9.17) is 18.1 Å². The zero-order valence-corrected chi connectivity index (χ0v) is 40.7. The fourth-order valence-corrected chi connectivity index (χ4v) is 6.93. The minimum Gasteiger partial charge on any atom is -0.358 e. The van der Waals surface area contributed by atoms with Gasteiger partial charge in [-0.1, -0.05) is 192 Å². The maximum absolute atomic E-state index is 5.45. The summed E-state index contributed by atoms with van der Waals surface area (Å²) < 4.78 is 21.7. The third kappa shape index (κ3) is 46.2. The van der Waals surface area contributed by atoms with E-state index < -0.39 is 0 Å². The van der Waals surface area contributed by atoms with Gasteiger partial charge >= 0.3 is 0 Å². The van der Waals surface area contributed by atoms with Gasteiger partial charge in [0.1, 0.15) is 0 Å². The molecule has 0 radical (unpaired) electrons. The van der Waals surface area contributed by atoms with E-state index in [9.17, 15) is 0 Å². The molecule has 10 heteroatoms. The second-order valence-electron chi connectivity index (χ2n) is 12.7. The summed E-state index contributed by atoms with van der Waals surface area (Å²) in [5.74, 6) is 0. The van der Waals surface area contributed by atoms with Crippen LogP contribution in [0.1, 0.15) is 130 Å². The minimum atomic E-state index is 0.0922. The highest BCUT2D eigenvalue weighted by atomic mass is 32.0. The summed E-state index contributed by atoms with van der Waals surface area (Å²) in [6, 6.07) is 0. The first kappa shape index (κ1) is 55.9. The number of hydrogen-bond acceptors (Lipinski definition) is 4. The largest absolute Gasteiger partial charge is 0.358 e. The molecule has 308 valence electrons. The average molecular weight is 857 g/mol. The smallest absolute Gasteiger partial charge is 0.0828 e. The lowest BCUT2D eigenvalue weighted by atomic mass is 10.1. The van der Waals surface area contributed by atoms with Crippen LogP contribution in [0.15, 0.2) is 122 Å². The topological polar surface area (TPSA) is 36.9 Å². The Morgan fingerprint density at radius 3 is 1.20 bits per heavy atom. The van der Waals surface area contributed by atoms with Crippen LogP contribution in [0.4, 0.5) is 0 Å². The SMILES string of the molecule is CCCCCC/C=C\C/C=C\C=C\C(C/C=C\C/C=C\C(C)OPP)OP.CCCCCCC=CCC=CC=CC(CC=CCC=CC(C)OPP)OP. The molecule has 0 aromatic carbocycles. The monoisotopic (exact) mass is 856 g/mol. The van der Waals surface area contributed by atoms with Crippen LogP contribution in [-0.2, 0) is 18.1 Å². The van der Waals surface area contributed by atoms with Crippen LogP contribution in [0, 0.1) is 0 Å². The van der Waals surface area contributed by atoms with Crippen molar-refractivity contribution >= 4 is 53.8 Å². The molecule has 0 aliphatic rings. The van der Waals surface area contributed by atoms with Gasteiger partial charge < -0.3 is 18.1 Å². The first-order valence-corrected chi connectivity index (χ1v) is 26.4. The van der Waals surface area contributed by atoms with Crippen molar-refractivity contribution in [3.05, 3.63) is 122 Å². The Kier molecular flexibility index (Phi) is 50.7. The van der Waals surface area contributed by atoms with Gasteiger partial charge in [-0.3, -0.25) is 0 Å². The molecule has 0 aromatic rings. The first-order valence-electron chi connectivity index (χ1n) is 20.0. The molecule has 0 saturated heterocycles. The molecule has 0 heterocycles. The maximum atomic E-state index is 5.45. The summed E-state index contributed by atoms with van der Waals surface area (Å²) in [5, 5.41) is 0. The third-order valence-corrected chi connectivity index (χ3v) is 10.3. The van der Waals surface area contributed by atoms with E-state index in [0.717, 1.165) is 38.5 Å². The van der Waals surface area contributed by atoms with Crippen molar-refractivity contribution in [3.8, 4) is 0 Å². The summed E-state index contributed by atoms with van der Waals surface area (Å²) in [5.41, 5.74) is 0. The fourth-order valence-electron chi connectivity index (χ4n) is 4.66. The lowest BCUT2D eigenvalue weighted by Gasteiger charge is -2.06. The summed E-state index contributed by atoms with van der Waals surface area (Å²) in [7, 11) is 10.8. The van der Waals surface area contributed by atoms with Crippen molar-refractivity contribution in [1.82, 2.24) is 0 Å². The highest BCUT2D eigenvalue weighted by Crippen LogP contribution is 2.24. The Morgan fingerprint density at radius 2 is 0.833 bits per heavy atom. The van der Waals surface area contributed by atoms with E-state index in [1.165, 1.54) is 64.2 Å². The molecule has 0 bridgehead atoms. The quantitative estimate of drug-likeness (QED) is 0.0280. The molecule has 0 N–H and O–H groups in total. The minimum absolute atomic E-state index is 0.0922. The molecule has 0 aliphatic heterocycles. The van der Waals surface area contributed by atoms with Crippen LogP contribution in [-0.4, -0.2) is 24.4 Å². The van der Waals surface area contributed by atoms with Crippen LogP contribution in [0.5, 0.6) is 0 Å².